The lowest BCUT2D eigenvalue weighted by atomic mass is 9.78. The monoisotopic (exact) mass is 286 g/mol. The maximum Gasteiger partial charge on any atom is 0.308 e. The van der Waals surface area contributed by atoms with E-state index in [9.17, 15) is 13.2 Å². The zero-order chi connectivity index (χ0) is 14.1. The van der Waals surface area contributed by atoms with Crippen LogP contribution in [-0.4, -0.2) is 55.2 Å². The Morgan fingerprint density at radius 2 is 2.05 bits per heavy atom. The van der Waals surface area contributed by atoms with Gasteiger partial charge in [-0.1, -0.05) is 0 Å². The number of piperidine rings is 1. The van der Waals surface area contributed by atoms with Crippen molar-refractivity contribution in [2.24, 2.45) is 0 Å². The molecule has 0 aromatic carbocycles. The molecule has 2 heterocycles. The fraction of sp³-hybridized carbons (Fsp3) is 0.636. The van der Waals surface area contributed by atoms with Crippen molar-refractivity contribution in [1.29, 1.82) is 0 Å². The van der Waals surface area contributed by atoms with Crippen molar-refractivity contribution in [2.75, 3.05) is 27.2 Å². The second kappa shape index (κ2) is 5.03. The summed E-state index contributed by atoms with van der Waals surface area (Å²) in [5, 5.41) is 3.17. The molecule has 1 N–H and O–H groups in total. The number of rotatable bonds is 4. The molecule has 0 atom stereocenters. The second-order valence-corrected chi connectivity index (χ2v) is 6.91. The second-order valence-electron chi connectivity index (χ2n) is 4.89. The van der Waals surface area contributed by atoms with E-state index in [2.05, 4.69) is 10.3 Å². The number of aldehydes is 1. The van der Waals surface area contributed by atoms with E-state index < -0.39 is 15.6 Å². The predicted molar refractivity (Wildman–Crippen MR) is 70.1 cm³/mol. The predicted octanol–water partition coefficient (Wildman–Crippen LogP) is -0.642. The lowest BCUT2D eigenvalue weighted by molar-refractivity contribution is -0.113. The number of carbonyl (C=O) groups excluding carboxylic acids is 1. The van der Waals surface area contributed by atoms with Gasteiger partial charge in [-0.05, 0) is 25.9 Å². The summed E-state index contributed by atoms with van der Waals surface area (Å²) in [5.74, 6) is 0. The normalized spacial score (nSPS) is 19.5. The number of hydrogen-bond acceptors (Lipinski definition) is 5. The number of aromatic nitrogens is 2. The van der Waals surface area contributed by atoms with Crippen LogP contribution in [0.4, 0.5) is 0 Å². The molecule has 1 saturated heterocycles. The van der Waals surface area contributed by atoms with E-state index in [1.165, 1.54) is 26.6 Å². The van der Waals surface area contributed by atoms with Gasteiger partial charge in [0.15, 0.2) is 0 Å². The van der Waals surface area contributed by atoms with Gasteiger partial charge in [0, 0.05) is 14.1 Å². The van der Waals surface area contributed by atoms with Crippen LogP contribution in [0.25, 0.3) is 0 Å². The van der Waals surface area contributed by atoms with Gasteiger partial charge >= 0.3 is 10.2 Å². The van der Waals surface area contributed by atoms with Crippen molar-refractivity contribution in [3.63, 3.8) is 0 Å². The van der Waals surface area contributed by atoms with Crippen molar-refractivity contribution in [1.82, 2.24) is 18.6 Å². The molecule has 1 aromatic heterocycles. The third kappa shape index (κ3) is 2.31. The number of carbonyl (C=O) groups is 1. The number of imidazole rings is 1. The molecule has 0 bridgehead atoms. The van der Waals surface area contributed by atoms with Gasteiger partial charge < -0.3 is 10.1 Å². The van der Waals surface area contributed by atoms with Gasteiger partial charge in [-0.2, -0.15) is 12.7 Å². The Morgan fingerprint density at radius 3 is 2.58 bits per heavy atom. The van der Waals surface area contributed by atoms with Crippen LogP contribution >= 0.6 is 0 Å². The molecule has 0 spiro atoms. The van der Waals surface area contributed by atoms with Crippen molar-refractivity contribution < 1.29 is 13.2 Å². The maximum absolute atomic E-state index is 12.2. The first kappa shape index (κ1) is 14.2. The molecule has 0 radical (unpaired) electrons. The number of nitrogens with zero attached hydrogens (tertiary/aromatic N) is 3. The van der Waals surface area contributed by atoms with Crippen LogP contribution in [0, 0.1) is 0 Å². The summed E-state index contributed by atoms with van der Waals surface area (Å²) in [6.07, 6.45) is 4.72. The van der Waals surface area contributed by atoms with Crippen molar-refractivity contribution in [3.8, 4) is 0 Å². The highest BCUT2D eigenvalue weighted by molar-refractivity contribution is 7.87. The van der Waals surface area contributed by atoms with Gasteiger partial charge in [0.1, 0.15) is 12.6 Å². The standard InChI is InChI=1S/C11H18N4O3S/c1-14(2)19(17,18)15-9-13-7-10(15)11(8-16)3-5-12-6-4-11/h7-9,12H,3-6H2,1-2H3. The minimum Gasteiger partial charge on any atom is -0.317 e. The van der Waals surface area contributed by atoms with E-state index >= 15 is 0 Å². The maximum atomic E-state index is 12.2. The Morgan fingerprint density at radius 1 is 1.42 bits per heavy atom. The first-order valence-corrected chi connectivity index (χ1v) is 7.47. The van der Waals surface area contributed by atoms with Gasteiger partial charge in [-0.3, -0.25) is 0 Å². The molecule has 1 aliphatic rings. The molecule has 1 aromatic rings. The highest BCUT2D eigenvalue weighted by atomic mass is 32.2. The van der Waals surface area contributed by atoms with Crippen LogP contribution in [0.15, 0.2) is 12.5 Å². The summed E-state index contributed by atoms with van der Waals surface area (Å²) in [6.45, 7) is 1.37. The Kier molecular flexibility index (Phi) is 3.75. The van der Waals surface area contributed by atoms with E-state index in [1.807, 2.05) is 0 Å². The molecule has 106 valence electrons. The lowest BCUT2D eigenvalue weighted by Gasteiger charge is -2.33. The molecule has 19 heavy (non-hydrogen) atoms. The Balaban J connectivity index is 2.52. The van der Waals surface area contributed by atoms with Gasteiger partial charge in [0.25, 0.3) is 0 Å². The first-order valence-electron chi connectivity index (χ1n) is 6.07. The fourth-order valence-electron chi connectivity index (χ4n) is 2.30. The summed E-state index contributed by atoms with van der Waals surface area (Å²) in [5.41, 5.74) is -0.331. The quantitative estimate of drug-likeness (QED) is 0.744. The minimum absolute atomic E-state index is 0.442. The van der Waals surface area contributed by atoms with Crippen LogP contribution in [0.2, 0.25) is 0 Å². The van der Waals surface area contributed by atoms with Crippen molar-refractivity contribution in [3.05, 3.63) is 18.2 Å². The summed E-state index contributed by atoms with van der Waals surface area (Å²) < 4.78 is 26.7. The van der Waals surface area contributed by atoms with Crippen LogP contribution in [0.1, 0.15) is 18.5 Å². The van der Waals surface area contributed by atoms with E-state index in [1.54, 1.807) is 0 Å². The van der Waals surface area contributed by atoms with E-state index in [4.69, 9.17) is 0 Å². The first-order chi connectivity index (χ1) is 8.94. The highest BCUT2D eigenvalue weighted by Gasteiger charge is 2.38. The van der Waals surface area contributed by atoms with Gasteiger partial charge in [-0.15, -0.1) is 0 Å². The molecule has 0 unspecified atom stereocenters. The summed E-state index contributed by atoms with van der Waals surface area (Å²) >= 11 is 0. The van der Waals surface area contributed by atoms with Crippen molar-refractivity contribution in [2.45, 2.75) is 18.3 Å². The topological polar surface area (TPSA) is 84.3 Å². The molecule has 1 aliphatic heterocycles. The highest BCUT2D eigenvalue weighted by Crippen LogP contribution is 2.32. The molecular formula is C11H18N4O3S. The van der Waals surface area contributed by atoms with E-state index in [-0.39, 0.29) is 0 Å². The zero-order valence-corrected chi connectivity index (χ0v) is 11.9. The zero-order valence-electron chi connectivity index (χ0n) is 11.0. The fourth-order valence-corrected chi connectivity index (χ4v) is 3.30. The molecule has 2 rings (SSSR count). The molecule has 8 heteroatoms. The molecule has 1 fully saturated rings. The van der Waals surface area contributed by atoms with Gasteiger partial charge in [-0.25, -0.2) is 8.96 Å². The number of nitrogens with one attached hydrogen (secondary N) is 1. The average Bonchev–Trinajstić information content (AvgIpc) is 2.89. The Labute approximate surface area is 112 Å². The van der Waals surface area contributed by atoms with Crippen LogP contribution in [-0.2, 0) is 20.4 Å². The summed E-state index contributed by atoms with van der Waals surface area (Å²) in [4.78, 5) is 15.5. The van der Waals surface area contributed by atoms with Crippen LogP contribution in [0.3, 0.4) is 0 Å². The Bertz CT molecular complexity index is 558. The molecule has 0 aliphatic carbocycles. The molecule has 0 saturated carbocycles. The van der Waals surface area contributed by atoms with Crippen molar-refractivity contribution >= 4 is 16.5 Å². The molecular weight excluding hydrogens is 268 g/mol. The third-order valence-electron chi connectivity index (χ3n) is 3.55. The lowest BCUT2D eigenvalue weighted by Crippen LogP contribution is -2.44. The van der Waals surface area contributed by atoms with Crippen LogP contribution in [0.5, 0.6) is 0 Å². The largest absolute Gasteiger partial charge is 0.317 e. The van der Waals surface area contributed by atoms with E-state index in [0.29, 0.717) is 31.6 Å². The van der Waals surface area contributed by atoms with E-state index in [0.717, 1.165) is 14.6 Å². The van der Waals surface area contributed by atoms with Crippen LogP contribution < -0.4 is 5.32 Å². The SMILES string of the molecule is CN(C)S(=O)(=O)n1cncc1C1(C=O)CCNCC1. The Hall–Kier alpha value is -1.25. The van der Waals surface area contributed by atoms with Gasteiger partial charge in [0.2, 0.25) is 0 Å². The van der Waals surface area contributed by atoms with Gasteiger partial charge in [0.05, 0.1) is 17.3 Å². The average molecular weight is 286 g/mol. The summed E-state index contributed by atoms with van der Waals surface area (Å²) in [7, 11) is -0.747. The summed E-state index contributed by atoms with van der Waals surface area (Å²) in [6, 6.07) is 0. The third-order valence-corrected chi connectivity index (χ3v) is 5.26. The molecule has 0 amide bonds. The minimum atomic E-state index is -3.65. The number of hydrogen-bond donors (Lipinski definition) is 1. The molecule has 7 nitrogen and oxygen atoms in total. The smallest absolute Gasteiger partial charge is 0.308 e.